The molecule has 0 aromatic carbocycles. The highest BCUT2D eigenvalue weighted by Gasteiger charge is 2.31. The highest BCUT2D eigenvalue weighted by molar-refractivity contribution is 5.16. The number of likely N-dealkylation sites (N-methyl/N-ethyl adjacent to an activating group) is 2. The zero-order valence-corrected chi connectivity index (χ0v) is 10.6. The predicted molar refractivity (Wildman–Crippen MR) is 67.9 cm³/mol. The van der Waals surface area contributed by atoms with Crippen LogP contribution in [0.25, 0.3) is 0 Å². The Morgan fingerprint density at radius 3 is 3.18 bits per heavy atom. The zero-order chi connectivity index (χ0) is 12.1. The summed E-state index contributed by atoms with van der Waals surface area (Å²) in [4.78, 5) is 6.56. The minimum Gasteiger partial charge on any atom is -0.374 e. The van der Waals surface area contributed by atoms with E-state index in [1.807, 2.05) is 18.5 Å². The molecule has 1 aliphatic rings. The molecule has 1 saturated heterocycles. The first-order valence-corrected chi connectivity index (χ1v) is 6.25. The molecule has 4 heteroatoms. The number of aromatic nitrogens is 1. The van der Waals surface area contributed by atoms with Crippen molar-refractivity contribution in [2.45, 2.75) is 19.1 Å². The van der Waals surface area contributed by atoms with Crippen molar-refractivity contribution < 1.29 is 4.74 Å². The van der Waals surface area contributed by atoms with Crippen LogP contribution in [0.1, 0.15) is 18.5 Å². The number of ether oxygens (including phenoxy) is 1. The summed E-state index contributed by atoms with van der Waals surface area (Å²) in [7, 11) is 2.15. The number of morpholine rings is 1. The molecule has 0 aliphatic carbocycles. The summed E-state index contributed by atoms with van der Waals surface area (Å²) >= 11 is 0. The molecule has 94 valence electrons. The number of rotatable bonds is 4. The molecule has 1 aromatic heterocycles. The van der Waals surface area contributed by atoms with E-state index < -0.39 is 0 Å². The Balaban J connectivity index is 2.13. The number of nitrogens with zero attached hydrogens (tertiary/aromatic N) is 2. The van der Waals surface area contributed by atoms with Gasteiger partial charge in [0.25, 0.3) is 0 Å². The van der Waals surface area contributed by atoms with E-state index in [1.165, 1.54) is 5.56 Å². The Bertz CT molecular complexity index is 331. The second-order valence-corrected chi connectivity index (χ2v) is 4.43. The summed E-state index contributed by atoms with van der Waals surface area (Å²) in [6.07, 6.45) is 3.96. The molecular weight excluding hydrogens is 214 g/mol. The average Bonchev–Trinajstić information content (AvgIpc) is 2.37. The van der Waals surface area contributed by atoms with Crippen LogP contribution in [0.4, 0.5) is 0 Å². The van der Waals surface area contributed by atoms with Gasteiger partial charge in [0.05, 0.1) is 18.8 Å². The SMILES string of the molecule is CCNCC1OCCN(C)C1c1cccnc1. The topological polar surface area (TPSA) is 37.4 Å². The summed E-state index contributed by atoms with van der Waals surface area (Å²) < 4.78 is 5.89. The molecule has 2 atom stereocenters. The van der Waals surface area contributed by atoms with Crippen LogP contribution in [0.2, 0.25) is 0 Å². The maximum absolute atomic E-state index is 5.89. The van der Waals surface area contributed by atoms with E-state index >= 15 is 0 Å². The predicted octanol–water partition coefficient (Wildman–Crippen LogP) is 1.06. The van der Waals surface area contributed by atoms with Gasteiger partial charge in [0.15, 0.2) is 0 Å². The molecule has 1 aliphatic heterocycles. The molecule has 1 aromatic rings. The Morgan fingerprint density at radius 1 is 1.59 bits per heavy atom. The molecule has 0 saturated carbocycles. The summed E-state index contributed by atoms with van der Waals surface area (Å²) in [6, 6.07) is 4.42. The van der Waals surface area contributed by atoms with Gasteiger partial charge < -0.3 is 10.1 Å². The maximum atomic E-state index is 5.89. The zero-order valence-electron chi connectivity index (χ0n) is 10.6. The average molecular weight is 235 g/mol. The minimum absolute atomic E-state index is 0.206. The standard InChI is InChI=1S/C13H21N3O/c1-3-14-10-12-13(16(2)7-8-17-12)11-5-4-6-15-9-11/h4-6,9,12-14H,3,7-8,10H2,1-2H3. The van der Waals surface area contributed by atoms with Crippen molar-refractivity contribution in [3.63, 3.8) is 0 Å². The Kier molecular flexibility index (Phi) is 4.48. The van der Waals surface area contributed by atoms with E-state index in [0.29, 0.717) is 6.04 Å². The van der Waals surface area contributed by atoms with E-state index in [9.17, 15) is 0 Å². The van der Waals surface area contributed by atoms with E-state index in [0.717, 1.165) is 26.2 Å². The quantitative estimate of drug-likeness (QED) is 0.847. The number of hydrogen-bond acceptors (Lipinski definition) is 4. The van der Waals surface area contributed by atoms with Crippen molar-refractivity contribution in [2.24, 2.45) is 0 Å². The molecule has 0 radical (unpaired) electrons. The number of pyridine rings is 1. The van der Waals surface area contributed by atoms with Crippen LogP contribution in [-0.2, 0) is 4.74 Å². The fourth-order valence-corrected chi connectivity index (χ4v) is 2.34. The molecule has 1 N–H and O–H groups in total. The van der Waals surface area contributed by atoms with Gasteiger partial charge in [-0.1, -0.05) is 13.0 Å². The third-order valence-electron chi connectivity index (χ3n) is 3.22. The van der Waals surface area contributed by atoms with Crippen LogP contribution in [-0.4, -0.2) is 49.3 Å². The molecule has 0 spiro atoms. The van der Waals surface area contributed by atoms with Gasteiger partial charge in [0, 0.05) is 25.5 Å². The Hall–Kier alpha value is -0.970. The maximum Gasteiger partial charge on any atom is 0.0896 e. The van der Waals surface area contributed by atoms with E-state index in [1.54, 1.807) is 0 Å². The monoisotopic (exact) mass is 235 g/mol. The van der Waals surface area contributed by atoms with Crippen LogP contribution >= 0.6 is 0 Å². The summed E-state index contributed by atoms with van der Waals surface area (Å²) in [5.41, 5.74) is 1.23. The molecule has 0 bridgehead atoms. The van der Waals surface area contributed by atoms with Crippen molar-refractivity contribution >= 4 is 0 Å². The lowest BCUT2D eigenvalue weighted by Crippen LogP contribution is -2.47. The van der Waals surface area contributed by atoms with E-state index in [2.05, 4.69) is 35.2 Å². The smallest absolute Gasteiger partial charge is 0.0896 e. The first-order chi connectivity index (χ1) is 8.33. The van der Waals surface area contributed by atoms with Crippen molar-refractivity contribution in [1.82, 2.24) is 15.2 Å². The van der Waals surface area contributed by atoms with Crippen molar-refractivity contribution in [2.75, 3.05) is 33.3 Å². The lowest BCUT2D eigenvalue weighted by molar-refractivity contribution is -0.0612. The molecule has 2 unspecified atom stereocenters. The van der Waals surface area contributed by atoms with Gasteiger partial charge in [-0.25, -0.2) is 0 Å². The molecule has 2 heterocycles. The second-order valence-electron chi connectivity index (χ2n) is 4.43. The van der Waals surface area contributed by atoms with Gasteiger partial charge in [0.2, 0.25) is 0 Å². The first kappa shape index (κ1) is 12.5. The van der Waals surface area contributed by atoms with Gasteiger partial charge in [-0.3, -0.25) is 9.88 Å². The van der Waals surface area contributed by atoms with Crippen molar-refractivity contribution in [3.05, 3.63) is 30.1 Å². The van der Waals surface area contributed by atoms with Crippen LogP contribution in [0.5, 0.6) is 0 Å². The third-order valence-corrected chi connectivity index (χ3v) is 3.22. The van der Waals surface area contributed by atoms with Crippen LogP contribution in [0.3, 0.4) is 0 Å². The molecule has 4 nitrogen and oxygen atoms in total. The van der Waals surface area contributed by atoms with Gasteiger partial charge in [-0.2, -0.15) is 0 Å². The normalized spacial score (nSPS) is 26.0. The fourth-order valence-electron chi connectivity index (χ4n) is 2.34. The van der Waals surface area contributed by atoms with E-state index in [4.69, 9.17) is 4.74 Å². The second kappa shape index (κ2) is 6.10. The Morgan fingerprint density at radius 2 is 2.47 bits per heavy atom. The van der Waals surface area contributed by atoms with Crippen LogP contribution < -0.4 is 5.32 Å². The molecular formula is C13H21N3O. The lowest BCUT2D eigenvalue weighted by atomic mass is 10.00. The number of hydrogen-bond donors (Lipinski definition) is 1. The summed E-state index contributed by atoms with van der Waals surface area (Å²) in [5.74, 6) is 0. The largest absolute Gasteiger partial charge is 0.374 e. The van der Waals surface area contributed by atoms with Crippen molar-refractivity contribution in [3.8, 4) is 0 Å². The van der Waals surface area contributed by atoms with E-state index in [-0.39, 0.29) is 6.10 Å². The minimum atomic E-state index is 0.206. The first-order valence-electron chi connectivity index (χ1n) is 6.25. The highest BCUT2D eigenvalue weighted by Crippen LogP contribution is 2.27. The number of nitrogens with one attached hydrogen (secondary N) is 1. The van der Waals surface area contributed by atoms with Crippen LogP contribution in [0.15, 0.2) is 24.5 Å². The molecule has 0 amide bonds. The third kappa shape index (κ3) is 3.03. The fraction of sp³-hybridized carbons (Fsp3) is 0.615. The van der Waals surface area contributed by atoms with Gasteiger partial charge in [0.1, 0.15) is 0 Å². The Labute approximate surface area is 103 Å². The molecule has 1 fully saturated rings. The summed E-state index contributed by atoms with van der Waals surface area (Å²) in [5, 5.41) is 3.37. The van der Waals surface area contributed by atoms with Gasteiger partial charge in [-0.05, 0) is 25.2 Å². The molecule has 17 heavy (non-hydrogen) atoms. The van der Waals surface area contributed by atoms with Crippen LogP contribution in [0, 0.1) is 0 Å². The van der Waals surface area contributed by atoms with Gasteiger partial charge >= 0.3 is 0 Å². The van der Waals surface area contributed by atoms with Gasteiger partial charge in [-0.15, -0.1) is 0 Å². The summed E-state index contributed by atoms with van der Waals surface area (Å²) in [6.45, 7) is 5.76. The molecule has 2 rings (SSSR count). The lowest BCUT2D eigenvalue weighted by Gasteiger charge is -2.39. The highest BCUT2D eigenvalue weighted by atomic mass is 16.5. The van der Waals surface area contributed by atoms with Crippen molar-refractivity contribution in [1.29, 1.82) is 0 Å².